The number of aromatic nitrogens is 3. The van der Waals surface area contributed by atoms with E-state index < -0.39 is 11.7 Å². The van der Waals surface area contributed by atoms with E-state index in [-0.39, 0.29) is 15.6 Å². The zero-order valence-electron chi connectivity index (χ0n) is 11.8. The zero-order valence-corrected chi connectivity index (χ0v) is 13.3. The number of fused-ring (bicyclic) bond motifs is 1. The average Bonchev–Trinajstić information content (AvgIpc) is 2.94. The van der Waals surface area contributed by atoms with E-state index >= 15 is 0 Å². The van der Waals surface area contributed by atoms with Crippen LogP contribution >= 0.6 is 23.2 Å². The highest BCUT2D eigenvalue weighted by Crippen LogP contribution is 2.24. The predicted molar refractivity (Wildman–Crippen MR) is 85.4 cm³/mol. The maximum Gasteiger partial charge on any atom is 0.252 e. The van der Waals surface area contributed by atoms with Gasteiger partial charge in [0.15, 0.2) is 5.65 Å². The molecule has 2 aromatic heterocycles. The third-order valence-electron chi connectivity index (χ3n) is 3.27. The Bertz CT molecular complexity index is 881. The second-order valence-corrected chi connectivity index (χ2v) is 5.61. The number of halogens is 3. The van der Waals surface area contributed by atoms with E-state index in [1.165, 1.54) is 6.07 Å². The lowest BCUT2D eigenvalue weighted by atomic mass is 10.2. The van der Waals surface area contributed by atoms with Gasteiger partial charge in [-0.15, -0.1) is 10.2 Å². The normalized spacial score (nSPS) is 10.9. The molecule has 1 N–H and O–H groups in total. The molecule has 23 heavy (non-hydrogen) atoms. The summed E-state index contributed by atoms with van der Waals surface area (Å²) in [6.45, 7) is 0.315. The molecule has 0 aliphatic heterocycles. The number of amides is 1. The first-order chi connectivity index (χ1) is 11.1. The molecule has 0 aliphatic carbocycles. The zero-order chi connectivity index (χ0) is 16.4. The molecule has 0 spiro atoms. The minimum Gasteiger partial charge on any atom is -0.352 e. The van der Waals surface area contributed by atoms with Crippen LogP contribution in [0.3, 0.4) is 0 Å². The second kappa shape index (κ2) is 6.52. The highest BCUT2D eigenvalue weighted by molar-refractivity contribution is 6.36. The first-order valence-corrected chi connectivity index (χ1v) is 7.53. The van der Waals surface area contributed by atoms with E-state index in [1.807, 2.05) is 28.8 Å². The molecule has 0 atom stereocenters. The van der Waals surface area contributed by atoms with Crippen molar-refractivity contribution in [2.45, 2.75) is 6.42 Å². The number of pyridine rings is 1. The van der Waals surface area contributed by atoms with Gasteiger partial charge in [0.25, 0.3) is 5.91 Å². The highest BCUT2D eigenvalue weighted by atomic mass is 35.5. The Labute approximate surface area is 141 Å². The van der Waals surface area contributed by atoms with Gasteiger partial charge in [-0.05, 0) is 24.3 Å². The summed E-state index contributed by atoms with van der Waals surface area (Å²) in [5, 5.41) is 10.7. The maximum absolute atomic E-state index is 13.4. The van der Waals surface area contributed by atoms with Crippen molar-refractivity contribution in [3.8, 4) is 0 Å². The number of rotatable bonds is 4. The van der Waals surface area contributed by atoms with Crippen molar-refractivity contribution in [2.75, 3.05) is 6.54 Å². The largest absolute Gasteiger partial charge is 0.352 e. The summed E-state index contributed by atoms with van der Waals surface area (Å²) in [5.74, 6) is -0.446. The topological polar surface area (TPSA) is 59.3 Å². The van der Waals surface area contributed by atoms with Crippen LogP contribution in [0.5, 0.6) is 0 Å². The lowest BCUT2D eigenvalue weighted by Gasteiger charge is -2.07. The van der Waals surface area contributed by atoms with E-state index in [1.54, 1.807) is 0 Å². The molecule has 118 valence electrons. The fourth-order valence-electron chi connectivity index (χ4n) is 2.14. The van der Waals surface area contributed by atoms with E-state index in [0.717, 1.165) is 11.7 Å². The van der Waals surface area contributed by atoms with Gasteiger partial charge in [-0.2, -0.15) is 0 Å². The first kappa shape index (κ1) is 15.7. The van der Waals surface area contributed by atoms with Crippen molar-refractivity contribution in [1.29, 1.82) is 0 Å². The van der Waals surface area contributed by atoms with Gasteiger partial charge in [0.2, 0.25) is 0 Å². The van der Waals surface area contributed by atoms with Crippen molar-refractivity contribution < 1.29 is 9.18 Å². The molecule has 3 rings (SSSR count). The van der Waals surface area contributed by atoms with Crippen molar-refractivity contribution in [3.05, 3.63) is 63.8 Å². The molecule has 3 aromatic rings. The molecule has 0 saturated heterocycles. The molecular weight excluding hydrogens is 342 g/mol. The minimum atomic E-state index is -0.690. The number of nitrogens with zero attached hydrogens (tertiary/aromatic N) is 3. The third-order valence-corrected chi connectivity index (χ3v) is 3.88. The van der Waals surface area contributed by atoms with Crippen molar-refractivity contribution in [2.24, 2.45) is 0 Å². The Morgan fingerprint density at radius 1 is 1.22 bits per heavy atom. The van der Waals surface area contributed by atoms with Crippen molar-refractivity contribution >= 4 is 34.8 Å². The van der Waals surface area contributed by atoms with Crippen LogP contribution in [0.25, 0.3) is 5.65 Å². The van der Waals surface area contributed by atoms with Gasteiger partial charge in [0.1, 0.15) is 11.6 Å². The predicted octanol–water partition coefficient (Wildman–Crippen LogP) is 3.15. The van der Waals surface area contributed by atoms with Gasteiger partial charge in [-0.1, -0.05) is 29.3 Å². The minimum absolute atomic E-state index is 0.0414. The fraction of sp³-hybridized carbons (Fsp3) is 0.133. The van der Waals surface area contributed by atoms with E-state index in [9.17, 15) is 9.18 Å². The fourth-order valence-corrected chi connectivity index (χ4v) is 2.61. The summed E-state index contributed by atoms with van der Waals surface area (Å²) in [5.41, 5.74) is 0.774. The molecule has 0 bridgehead atoms. The molecule has 0 unspecified atom stereocenters. The Kier molecular flexibility index (Phi) is 4.45. The lowest BCUT2D eigenvalue weighted by Crippen LogP contribution is -2.26. The molecule has 0 saturated carbocycles. The summed E-state index contributed by atoms with van der Waals surface area (Å²) in [4.78, 5) is 12.1. The van der Waals surface area contributed by atoms with Crippen LogP contribution in [0.1, 0.15) is 16.2 Å². The molecule has 0 radical (unpaired) electrons. The summed E-state index contributed by atoms with van der Waals surface area (Å²) in [7, 11) is 0. The van der Waals surface area contributed by atoms with Crippen molar-refractivity contribution in [1.82, 2.24) is 19.9 Å². The van der Waals surface area contributed by atoms with Crippen LogP contribution in [0.2, 0.25) is 10.0 Å². The molecule has 0 fully saturated rings. The number of hydrogen-bond acceptors (Lipinski definition) is 3. The maximum atomic E-state index is 13.4. The van der Waals surface area contributed by atoms with Gasteiger partial charge < -0.3 is 5.32 Å². The van der Waals surface area contributed by atoms with Gasteiger partial charge in [0, 0.05) is 19.2 Å². The Hall–Kier alpha value is -2.18. The number of nitrogens with one attached hydrogen (secondary N) is 1. The van der Waals surface area contributed by atoms with Crippen LogP contribution in [0, 0.1) is 5.82 Å². The van der Waals surface area contributed by atoms with Crippen LogP contribution in [0.15, 0.2) is 36.5 Å². The highest BCUT2D eigenvalue weighted by Gasteiger charge is 2.14. The van der Waals surface area contributed by atoms with Crippen LogP contribution in [0.4, 0.5) is 4.39 Å². The summed E-state index contributed by atoms with van der Waals surface area (Å²) in [6, 6.07) is 7.80. The molecule has 0 aliphatic rings. The molecule has 1 aromatic carbocycles. The third kappa shape index (κ3) is 3.28. The number of carbonyl (C=O) groups excluding carboxylic acids is 1. The van der Waals surface area contributed by atoms with Gasteiger partial charge in [-0.25, -0.2) is 4.39 Å². The molecular formula is C15H11Cl2FN4O. The summed E-state index contributed by atoms with van der Waals surface area (Å²) < 4.78 is 15.3. The first-order valence-electron chi connectivity index (χ1n) is 6.77. The second-order valence-electron chi connectivity index (χ2n) is 4.80. The Balaban J connectivity index is 1.67. The Morgan fingerprint density at radius 2 is 2.04 bits per heavy atom. The summed E-state index contributed by atoms with van der Waals surface area (Å²) in [6.07, 6.45) is 2.32. The monoisotopic (exact) mass is 352 g/mol. The van der Waals surface area contributed by atoms with Gasteiger partial charge in [-0.3, -0.25) is 9.20 Å². The molecule has 1 amide bonds. The summed E-state index contributed by atoms with van der Waals surface area (Å²) >= 11 is 11.5. The van der Waals surface area contributed by atoms with Crippen molar-refractivity contribution in [3.63, 3.8) is 0 Å². The molecule has 8 heteroatoms. The molecule has 2 heterocycles. The van der Waals surface area contributed by atoms with Gasteiger partial charge >= 0.3 is 0 Å². The van der Waals surface area contributed by atoms with Crippen LogP contribution in [-0.4, -0.2) is 27.0 Å². The average molecular weight is 353 g/mol. The number of carbonyl (C=O) groups is 1. The van der Waals surface area contributed by atoms with Crippen LogP contribution in [-0.2, 0) is 6.42 Å². The number of benzene rings is 1. The van der Waals surface area contributed by atoms with Gasteiger partial charge in [0.05, 0.1) is 15.6 Å². The van der Waals surface area contributed by atoms with E-state index in [2.05, 4.69) is 15.5 Å². The Morgan fingerprint density at radius 3 is 2.87 bits per heavy atom. The lowest BCUT2D eigenvalue weighted by molar-refractivity contribution is 0.0953. The van der Waals surface area contributed by atoms with E-state index in [4.69, 9.17) is 23.2 Å². The van der Waals surface area contributed by atoms with E-state index in [0.29, 0.717) is 18.8 Å². The number of hydrogen-bond donors (Lipinski definition) is 1. The smallest absolute Gasteiger partial charge is 0.252 e. The quantitative estimate of drug-likeness (QED) is 0.733. The standard InChI is InChI=1S/C15H11Cl2FN4O/c16-10-8-11(17)12(18)7-9(10)15(23)19-5-4-14-21-20-13-3-1-2-6-22(13)14/h1-3,6-8H,4-5H2,(H,19,23). The SMILES string of the molecule is O=C(NCCc1nnc2ccccn12)c1cc(F)c(Cl)cc1Cl. The van der Waals surface area contributed by atoms with Crippen LogP contribution < -0.4 is 5.32 Å². The molecule has 5 nitrogen and oxygen atoms in total.